The smallest absolute Gasteiger partial charge is 0.243 e. The third kappa shape index (κ3) is 3.91. The van der Waals surface area contributed by atoms with E-state index in [-0.39, 0.29) is 0 Å². The predicted octanol–water partition coefficient (Wildman–Crippen LogP) is -0.779. The molecule has 0 aromatic heterocycles. The van der Waals surface area contributed by atoms with E-state index in [1.54, 1.807) is 14.2 Å². The van der Waals surface area contributed by atoms with Crippen molar-refractivity contribution in [2.45, 2.75) is 0 Å². The molecule has 4 nitrogen and oxygen atoms in total. The summed E-state index contributed by atoms with van der Waals surface area (Å²) in [4.78, 5) is 10.3. The number of hydrogen-bond donors (Lipinski definition) is 2. The van der Waals surface area contributed by atoms with Gasteiger partial charge in [-0.25, -0.2) is 0 Å². The molecule has 0 aliphatic carbocycles. The van der Waals surface area contributed by atoms with Gasteiger partial charge in [0.15, 0.2) is 0 Å². The van der Waals surface area contributed by atoms with Crippen LogP contribution in [0.25, 0.3) is 0 Å². The van der Waals surface area contributed by atoms with Gasteiger partial charge in [-0.3, -0.25) is 4.79 Å². The number of methoxy groups -OCH3 is 1. The van der Waals surface area contributed by atoms with Crippen LogP contribution in [0.4, 0.5) is 0 Å². The average molecular weight is 144 g/mol. The zero-order valence-corrected chi connectivity index (χ0v) is 6.18. The minimum Gasteiger partial charge on any atom is -0.389 e. The maximum Gasteiger partial charge on any atom is 0.243 e. The first kappa shape index (κ1) is 8.97. The van der Waals surface area contributed by atoms with E-state index >= 15 is 0 Å². The molecular formula is C6H12N2O2. The second-order valence-corrected chi connectivity index (χ2v) is 1.75. The van der Waals surface area contributed by atoms with Gasteiger partial charge in [-0.05, 0) is 0 Å². The quantitative estimate of drug-likeness (QED) is 0.509. The van der Waals surface area contributed by atoms with Crippen molar-refractivity contribution >= 4 is 5.91 Å². The van der Waals surface area contributed by atoms with Crippen LogP contribution in [-0.2, 0) is 9.53 Å². The van der Waals surface area contributed by atoms with Crippen LogP contribution >= 0.6 is 0 Å². The van der Waals surface area contributed by atoms with E-state index in [0.29, 0.717) is 12.3 Å². The Labute approximate surface area is 60.0 Å². The molecule has 0 fully saturated rings. The Morgan fingerprint density at radius 3 is 2.70 bits per heavy atom. The van der Waals surface area contributed by atoms with Crippen LogP contribution < -0.4 is 11.1 Å². The number of nitrogens with two attached hydrogens (primary N) is 1. The highest BCUT2D eigenvalue weighted by Gasteiger charge is 1.93. The highest BCUT2D eigenvalue weighted by molar-refractivity contribution is 5.86. The molecule has 10 heavy (non-hydrogen) atoms. The lowest BCUT2D eigenvalue weighted by molar-refractivity contribution is -0.113. The van der Waals surface area contributed by atoms with Crippen LogP contribution in [-0.4, -0.2) is 26.7 Å². The van der Waals surface area contributed by atoms with Crippen molar-refractivity contribution in [1.29, 1.82) is 0 Å². The first-order valence-corrected chi connectivity index (χ1v) is 2.87. The number of hydrogen-bond acceptors (Lipinski definition) is 3. The number of rotatable bonds is 4. The van der Waals surface area contributed by atoms with Crippen molar-refractivity contribution in [1.82, 2.24) is 5.32 Å². The van der Waals surface area contributed by atoms with E-state index < -0.39 is 5.91 Å². The van der Waals surface area contributed by atoms with Gasteiger partial charge in [0.2, 0.25) is 5.91 Å². The fourth-order valence-corrected chi connectivity index (χ4v) is 0.513. The summed E-state index contributed by atoms with van der Waals surface area (Å²) in [5.74, 6) is -0.471. The van der Waals surface area contributed by atoms with E-state index in [0.717, 1.165) is 0 Å². The first-order valence-electron chi connectivity index (χ1n) is 2.87. The molecule has 4 heteroatoms. The Balaban J connectivity index is 3.91. The highest BCUT2D eigenvalue weighted by Crippen LogP contribution is 1.86. The lowest BCUT2D eigenvalue weighted by Crippen LogP contribution is -2.16. The maximum atomic E-state index is 10.3. The van der Waals surface area contributed by atoms with E-state index in [1.165, 1.54) is 6.08 Å². The van der Waals surface area contributed by atoms with Crippen molar-refractivity contribution < 1.29 is 9.53 Å². The lowest BCUT2D eigenvalue weighted by Gasteiger charge is -2.02. The maximum absolute atomic E-state index is 10.3. The zero-order chi connectivity index (χ0) is 7.98. The Hall–Kier alpha value is -1.03. The summed E-state index contributed by atoms with van der Waals surface area (Å²) in [6.07, 6.45) is 1.30. The number of carbonyl (C=O) groups excluding carboxylic acids is 1. The van der Waals surface area contributed by atoms with Gasteiger partial charge < -0.3 is 15.8 Å². The molecular weight excluding hydrogens is 132 g/mol. The van der Waals surface area contributed by atoms with Crippen LogP contribution in [0, 0.1) is 0 Å². The Kier molecular flexibility index (Phi) is 4.32. The van der Waals surface area contributed by atoms with Crippen molar-refractivity contribution in [3.8, 4) is 0 Å². The third-order valence-electron chi connectivity index (χ3n) is 0.937. The molecule has 0 aromatic rings. The van der Waals surface area contributed by atoms with Crippen LogP contribution in [0.5, 0.6) is 0 Å². The summed E-state index contributed by atoms with van der Waals surface area (Å²) in [7, 11) is 3.25. The average Bonchev–Trinajstić information content (AvgIpc) is 1.86. The molecule has 0 atom stereocenters. The Morgan fingerprint density at radius 1 is 1.80 bits per heavy atom. The molecule has 0 spiro atoms. The van der Waals surface area contributed by atoms with Gasteiger partial charge in [0.05, 0.1) is 6.61 Å². The van der Waals surface area contributed by atoms with E-state index in [1.807, 2.05) is 0 Å². The van der Waals surface area contributed by atoms with Crippen molar-refractivity contribution in [3.05, 3.63) is 11.8 Å². The molecule has 0 rings (SSSR count). The second kappa shape index (κ2) is 4.81. The summed E-state index contributed by atoms with van der Waals surface area (Å²) < 4.78 is 4.76. The van der Waals surface area contributed by atoms with Gasteiger partial charge in [-0.1, -0.05) is 0 Å². The summed E-state index contributed by atoms with van der Waals surface area (Å²) in [5.41, 5.74) is 5.56. The number of carbonyl (C=O) groups is 1. The second-order valence-electron chi connectivity index (χ2n) is 1.75. The SMILES string of the molecule is CN/C(=C\C(N)=O)COC. The molecule has 1 amide bonds. The van der Waals surface area contributed by atoms with Gasteiger partial charge in [-0.15, -0.1) is 0 Å². The number of ether oxygens (including phenoxy) is 1. The Morgan fingerprint density at radius 2 is 2.40 bits per heavy atom. The molecule has 58 valence electrons. The molecule has 0 heterocycles. The molecule has 3 N–H and O–H groups in total. The van der Waals surface area contributed by atoms with Gasteiger partial charge in [0.1, 0.15) is 0 Å². The Bertz CT molecular complexity index is 143. The van der Waals surface area contributed by atoms with Gasteiger partial charge in [-0.2, -0.15) is 0 Å². The number of amides is 1. The summed E-state index contributed by atoms with van der Waals surface area (Å²) >= 11 is 0. The monoisotopic (exact) mass is 144 g/mol. The predicted molar refractivity (Wildman–Crippen MR) is 38.2 cm³/mol. The number of nitrogens with one attached hydrogen (secondary N) is 1. The van der Waals surface area contributed by atoms with Gasteiger partial charge in [0.25, 0.3) is 0 Å². The zero-order valence-electron chi connectivity index (χ0n) is 6.18. The minimum atomic E-state index is -0.471. The number of likely N-dealkylation sites (N-methyl/N-ethyl adjacent to an activating group) is 1. The normalized spacial score (nSPS) is 11.2. The molecule has 0 bridgehead atoms. The van der Waals surface area contributed by atoms with Crippen LogP contribution in [0.15, 0.2) is 11.8 Å². The van der Waals surface area contributed by atoms with Crippen LogP contribution in [0.2, 0.25) is 0 Å². The molecule has 0 aromatic carbocycles. The lowest BCUT2D eigenvalue weighted by atomic mass is 10.4. The van der Waals surface area contributed by atoms with E-state index in [9.17, 15) is 4.79 Å². The van der Waals surface area contributed by atoms with Crippen molar-refractivity contribution in [3.63, 3.8) is 0 Å². The van der Waals surface area contributed by atoms with Gasteiger partial charge >= 0.3 is 0 Å². The summed E-state index contributed by atoms with van der Waals surface area (Å²) in [6, 6.07) is 0. The minimum absolute atomic E-state index is 0.374. The largest absolute Gasteiger partial charge is 0.389 e. The van der Waals surface area contributed by atoms with E-state index in [2.05, 4.69) is 5.32 Å². The third-order valence-corrected chi connectivity index (χ3v) is 0.937. The molecule has 0 aliphatic heterocycles. The van der Waals surface area contributed by atoms with Gasteiger partial charge in [0, 0.05) is 25.9 Å². The van der Waals surface area contributed by atoms with Crippen LogP contribution in [0.1, 0.15) is 0 Å². The molecule has 0 saturated heterocycles. The molecule has 0 saturated carbocycles. The molecule has 0 radical (unpaired) electrons. The summed E-state index contributed by atoms with van der Waals surface area (Å²) in [5, 5.41) is 2.77. The van der Waals surface area contributed by atoms with Crippen LogP contribution in [0.3, 0.4) is 0 Å². The molecule has 0 aliphatic rings. The van der Waals surface area contributed by atoms with E-state index in [4.69, 9.17) is 10.5 Å². The number of primary amides is 1. The van der Waals surface area contributed by atoms with Crippen molar-refractivity contribution in [2.75, 3.05) is 20.8 Å². The standard InChI is InChI=1S/C6H12N2O2/c1-8-5(4-10-2)3-6(7)9/h3,8H,4H2,1-2H3,(H2,7,9)/b5-3-. The topological polar surface area (TPSA) is 64.3 Å². The first-order chi connectivity index (χ1) is 4.70. The molecule has 0 unspecified atom stereocenters. The van der Waals surface area contributed by atoms with Crippen molar-refractivity contribution in [2.24, 2.45) is 5.73 Å². The fraction of sp³-hybridized carbons (Fsp3) is 0.500. The summed E-state index contributed by atoms with van der Waals surface area (Å²) in [6.45, 7) is 0.374. The fourth-order valence-electron chi connectivity index (χ4n) is 0.513. The highest BCUT2D eigenvalue weighted by atomic mass is 16.5.